The Morgan fingerprint density at radius 2 is 2.22 bits per heavy atom. The first-order valence-corrected chi connectivity index (χ1v) is 6.31. The maximum atomic E-state index is 12.9. The van der Waals surface area contributed by atoms with Crippen molar-refractivity contribution in [1.29, 1.82) is 0 Å². The predicted octanol–water partition coefficient (Wildman–Crippen LogP) is 2.89. The van der Waals surface area contributed by atoms with Gasteiger partial charge in [-0.3, -0.25) is 4.79 Å². The van der Waals surface area contributed by atoms with Crippen LogP contribution >= 0.6 is 15.9 Å². The van der Waals surface area contributed by atoms with Crippen LogP contribution in [-0.2, 0) is 6.42 Å². The van der Waals surface area contributed by atoms with Crippen molar-refractivity contribution in [3.05, 3.63) is 58.1 Å². The number of hydrogen-bond acceptors (Lipinski definition) is 1. The molecule has 1 amide bonds. The summed E-state index contributed by atoms with van der Waals surface area (Å²) in [5.41, 5.74) is 1.36. The summed E-state index contributed by atoms with van der Waals surface area (Å²) >= 11 is 3.26. The third-order valence-electron chi connectivity index (χ3n) is 2.48. The van der Waals surface area contributed by atoms with Gasteiger partial charge in [0, 0.05) is 17.2 Å². The summed E-state index contributed by atoms with van der Waals surface area (Å²) in [6.07, 6.45) is 2.30. The average Bonchev–Trinajstić information content (AvgIpc) is 2.76. The summed E-state index contributed by atoms with van der Waals surface area (Å²) in [4.78, 5) is 14.5. The molecule has 94 valence electrons. The van der Waals surface area contributed by atoms with Gasteiger partial charge in [-0.15, -0.1) is 0 Å². The van der Waals surface area contributed by atoms with Gasteiger partial charge in [0.2, 0.25) is 0 Å². The maximum absolute atomic E-state index is 12.9. The molecule has 0 saturated heterocycles. The van der Waals surface area contributed by atoms with Crippen LogP contribution in [0.3, 0.4) is 0 Å². The van der Waals surface area contributed by atoms with E-state index in [1.54, 1.807) is 18.3 Å². The fraction of sp³-hybridized carbons (Fsp3) is 0.154. The molecule has 2 N–H and O–H groups in total. The highest BCUT2D eigenvalue weighted by Gasteiger charge is 2.06. The maximum Gasteiger partial charge on any atom is 0.267 e. The molecule has 0 aliphatic heterocycles. The van der Waals surface area contributed by atoms with Crippen molar-refractivity contribution in [2.24, 2.45) is 0 Å². The van der Waals surface area contributed by atoms with Crippen molar-refractivity contribution >= 4 is 21.8 Å². The average molecular weight is 311 g/mol. The molecule has 5 heteroatoms. The van der Waals surface area contributed by atoms with E-state index < -0.39 is 0 Å². The van der Waals surface area contributed by atoms with Crippen molar-refractivity contribution in [1.82, 2.24) is 10.3 Å². The highest BCUT2D eigenvalue weighted by molar-refractivity contribution is 9.10. The summed E-state index contributed by atoms with van der Waals surface area (Å²) in [6.45, 7) is 0.471. The first kappa shape index (κ1) is 12.8. The standard InChI is InChI=1S/C13H12BrFN2O/c14-10-7-12(17-8-10)13(18)16-5-4-9-2-1-3-11(15)6-9/h1-3,6-8,17H,4-5H2,(H,16,18). The smallest absolute Gasteiger partial charge is 0.267 e. The Balaban J connectivity index is 1.84. The summed E-state index contributed by atoms with van der Waals surface area (Å²) in [5.74, 6) is -0.427. The number of benzene rings is 1. The summed E-state index contributed by atoms with van der Waals surface area (Å²) < 4.78 is 13.8. The Hall–Kier alpha value is -1.62. The second-order valence-electron chi connectivity index (χ2n) is 3.87. The first-order chi connectivity index (χ1) is 8.65. The number of H-pyrrole nitrogens is 1. The highest BCUT2D eigenvalue weighted by atomic mass is 79.9. The van der Waals surface area contributed by atoms with E-state index in [1.165, 1.54) is 12.1 Å². The van der Waals surface area contributed by atoms with Gasteiger partial charge in [0.25, 0.3) is 5.91 Å². The zero-order valence-electron chi connectivity index (χ0n) is 9.54. The molecule has 3 nitrogen and oxygen atoms in total. The minimum Gasteiger partial charge on any atom is -0.356 e. The molecular weight excluding hydrogens is 299 g/mol. The van der Waals surface area contributed by atoms with E-state index in [0.29, 0.717) is 18.7 Å². The van der Waals surface area contributed by atoms with E-state index in [-0.39, 0.29) is 11.7 Å². The number of carbonyl (C=O) groups excluding carboxylic acids is 1. The lowest BCUT2D eigenvalue weighted by molar-refractivity contribution is 0.0950. The van der Waals surface area contributed by atoms with Crippen LogP contribution < -0.4 is 5.32 Å². The van der Waals surface area contributed by atoms with Gasteiger partial charge in [-0.1, -0.05) is 12.1 Å². The number of amides is 1. The topological polar surface area (TPSA) is 44.9 Å². The Labute approximate surface area is 113 Å². The van der Waals surface area contributed by atoms with Crippen molar-refractivity contribution in [3.8, 4) is 0 Å². The molecule has 0 unspecified atom stereocenters. The van der Waals surface area contributed by atoms with Gasteiger partial charge in [0.15, 0.2) is 0 Å². The van der Waals surface area contributed by atoms with Crippen molar-refractivity contribution in [3.63, 3.8) is 0 Å². The third kappa shape index (κ3) is 3.43. The first-order valence-electron chi connectivity index (χ1n) is 5.52. The molecule has 2 aromatic rings. The Kier molecular flexibility index (Phi) is 4.15. The Morgan fingerprint density at radius 1 is 1.39 bits per heavy atom. The number of carbonyl (C=O) groups is 1. The number of aromatic amines is 1. The van der Waals surface area contributed by atoms with Gasteiger partial charge >= 0.3 is 0 Å². The summed E-state index contributed by atoms with van der Waals surface area (Å²) in [5, 5.41) is 2.77. The highest BCUT2D eigenvalue weighted by Crippen LogP contribution is 2.10. The molecule has 1 heterocycles. The molecule has 0 saturated carbocycles. The van der Waals surface area contributed by atoms with Crippen LogP contribution in [0.1, 0.15) is 16.1 Å². The van der Waals surface area contributed by atoms with Crippen LogP contribution in [0.5, 0.6) is 0 Å². The SMILES string of the molecule is O=C(NCCc1cccc(F)c1)c1cc(Br)c[nH]1. The Bertz CT molecular complexity index is 553. The van der Waals surface area contributed by atoms with Gasteiger partial charge < -0.3 is 10.3 Å². The number of halogens is 2. The summed E-state index contributed by atoms with van der Waals surface area (Å²) in [6, 6.07) is 8.07. The fourth-order valence-corrected chi connectivity index (χ4v) is 1.95. The molecule has 0 spiro atoms. The minimum atomic E-state index is -0.257. The van der Waals surface area contributed by atoms with Crippen molar-refractivity contribution in [2.75, 3.05) is 6.54 Å². The van der Waals surface area contributed by atoms with Crippen LogP contribution in [-0.4, -0.2) is 17.4 Å². The molecule has 2 rings (SSSR count). The zero-order valence-corrected chi connectivity index (χ0v) is 11.1. The van der Waals surface area contributed by atoms with E-state index >= 15 is 0 Å². The van der Waals surface area contributed by atoms with Crippen LogP contribution in [0.15, 0.2) is 41.0 Å². The number of rotatable bonds is 4. The molecule has 18 heavy (non-hydrogen) atoms. The third-order valence-corrected chi connectivity index (χ3v) is 2.94. The second-order valence-corrected chi connectivity index (χ2v) is 4.78. The molecule has 0 aliphatic carbocycles. The van der Waals surface area contributed by atoms with E-state index in [9.17, 15) is 9.18 Å². The molecule has 0 radical (unpaired) electrons. The van der Waals surface area contributed by atoms with Crippen LogP contribution in [0.25, 0.3) is 0 Å². The van der Waals surface area contributed by atoms with Gasteiger partial charge in [-0.05, 0) is 46.1 Å². The molecule has 0 fully saturated rings. The van der Waals surface area contributed by atoms with Crippen molar-refractivity contribution in [2.45, 2.75) is 6.42 Å². The lowest BCUT2D eigenvalue weighted by Crippen LogP contribution is -2.25. The van der Waals surface area contributed by atoms with Crippen molar-refractivity contribution < 1.29 is 9.18 Å². The number of hydrogen-bond donors (Lipinski definition) is 2. The quantitative estimate of drug-likeness (QED) is 0.896. The van der Waals surface area contributed by atoms with Crippen LogP contribution in [0, 0.1) is 5.82 Å². The lowest BCUT2D eigenvalue weighted by Gasteiger charge is -2.04. The van der Waals surface area contributed by atoms with Crippen LogP contribution in [0.2, 0.25) is 0 Å². The van der Waals surface area contributed by atoms with Gasteiger partial charge in [-0.25, -0.2) is 4.39 Å². The minimum absolute atomic E-state index is 0.169. The second kappa shape index (κ2) is 5.82. The lowest BCUT2D eigenvalue weighted by atomic mass is 10.1. The number of aromatic nitrogens is 1. The zero-order chi connectivity index (χ0) is 13.0. The Morgan fingerprint density at radius 3 is 2.89 bits per heavy atom. The van der Waals surface area contributed by atoms with Gasteiger partial charge in [0.1, 0.15) is 11.5 Å². The van der Waals surface area contributed by atoms with E-state index in [1.807, 2.05) is 6.07 Å². The molecular formula is C13H12BrFN2O. The predicted molar refractivity (Wildman–Crippen MR) is 70.9 cm³/mol. The molecule has 0 bridgehead atoms. The monoisotopic (exact) mass is 310 g/mol. The number of nitrogens with one attached hydrogen (secondary N) is 2. The van der Waals surface area contributed by atoms with E-state index in [4.69, 9.17) is 0 Å². The molecule has 0 aliphatic rings. The van der Waals surface area contributed by atoms with Crippen LogP contribution in [0.4, 0.5) is 4.39 Å². The van der Waals surface area contributed by atoms with Gasteiger partial charge in [0.05, 0.1) is 0 Å². The normalized spacial score (nSPS) is 10.3. The molecule has 1 aromatic carbocycles. The summed E-state index contributed by atoms with van der Waals surface area (Å²) in [7, 11) is 0. The fourth-order valence-electron chi connectivity index (χ4n) is 1.61. The van der Waals surface area contributed by atoms with E-state index in [2.05, 4.69) is 26.2 Å². The van der Waals surface area contributed by atoms with E-state index in [0.717, 1.165) is 10.0 Å². The van der Waals surface area contributed by atoms with Gasteiger partial charge in [-0.2, -0.15) is 0 Å². The molecule has 0 atom stereocenters. The largest absolute Gasteiger partial charge is 0.356 e. The molecule has 1 aromatic heterocycles.